The van der Waals surface area contributed by atoms with E-state index in [-0.39, 0.29) is 23.5 Å². The van der Waals surface area contributed by atoms with Crippen LogP contribution in [0.15, 0.2) is 28.2 Å². The van der Waals surface area contributed by atoms with Crippen LogP contribution in [0.2, 0.25) is 0 Å². The fraction of sp³-hybridized carbons (Fsp3) is 0.583. The number of pyridine rings is 1. The van der Waals surface area contributed by atoms with E-state index >= 15 is 0 Å². The molecule has 0 bridgehead atoms. The van der Waals surface area contributed by atoms with Crippen molar-refractivity contribution >= 4 is 10.0 Å². The van der Waals surface area contributed by atoms with Crippen molar-refractivity contribution in [3.05, 3.63) is 28.7 Å². The third-order valence-electron chi connectivity index (χ3n) is 2.83. The molecule has 0 radical (unpaired) electrons. The summed E-state index contributed by atoms with van der Waals surface area (Å²) in [5, 5.41) is 8.79. The largest absolute Gasteiger partial charge is 0.396 e. The summed E-state index contributed by atoms with van der Waals surface area (Å²) in [6.07, 6.45) is 3.86. The van der Waals surface area contributed by atoms with Crippen molar-refractivity contribution in [3.8, 4) is 0 Å². The molecule has 6 nitrogen and oxygen atoms in total. The minimum absolute atomic E-state index is 0.0779. The van der Waals surface area contributed by atoms with E-state index in [4.69, 9.17) is 5.11 Å². The second-order valence-corrected chi connectivity index (χ2v) is 6.92. The summed E-state index contributed by atoms with van der Waals surface area (Å²) in [5.41, 5.74) is -0.823. The highest BCUT2D eigenvalue weighted by molar-refractivity contribution is 7.89. The fourth-order valence-electron chi connectivity index (χ4n) is 1.62. The van der Waals surface area contributed by atoms with E-state index in [0.717, 1.165) is 0 Å². The topological polar surface area (TPSA) is 99.3 Å². The SMILES string of the molecule is CC(C)(CCCO)CNS(=O)(=O)c1c[nH]ccc1=O. The number of hydrogen-bond donors (Lipinski definition) is 3. The number of H-pyrrole nitrogens is 1. The van der Waals surface area contributed by atoms with E-state index in [2.05, 4.69) is 9.71 Å². The van der Waals surface area contributed by atoms with Gasteiger partial charge in [-0.1, -0.05) is 13.8 Å². The number of sulfonamides is 1. The van der Waals surface area contributed by atoms with Crippen LogP contribution in [-0.4, -0.2) is 31.7 Å². The van der Waals surface area contributed by atoms with E-state index in [0.29, 0.717) is 12.8 Å². The summed E-state index contributed by atoms with van der Waals surface area (Å²) >= 11 is 0. The first kappa shape index (κ1) is 15.9. The van der Waals surface area contributed by atoms with E-state index in [9.17, 15) is 13.2 Å². The maximum absolute atomic E-state index is 12.0. The lowest BCUT2D eigenvalue weighted by Crippen LogP contribution is -2.36. The van der Waals surface area contributed by atoms with Crippen LogP contribution >= 0.6 is 0 Å². The molecule has 0 spiro atoms. The maximum atomic E-state index is 12.0. The molecule has 0 aliphatic carbocycles. The molecule has 1 rings (SSSR count). The molecule has 0 aliphatic rings. The van der Waals surface area contributed by atoms with E-state index in [1.807, 2.05) is 13.8 Å². The molecule has 108 valence electrons. The van der Waals surface area contributed by atoms with Gasteiger partial charge >= 0.3 is 0 Å². The number of hydrogen-bond acceptors (Lipinski definition) is 4. The van der Waals surface area contributed by atoms with Crippen LogP contribution < -0.4 is 10.2 Å². The number of rotatable bonds is 7. The third-order valence-corrected chi connectivity index (χ3v) is 4.25. The summed E-state index contributed by atoms with van der Waals surface area (Å²) in [6, 6.07) is 1.17. The Labute approximate surface area is 112 Å². The molecule has 0 fully saturated rings. The first-order chi connectivity index (χ1) is 8.78. The van der Waals surface area contributed by atoms with Crippen LogP contribution in [0.3, 0.4) is 0 Å². The minimum atomic E-state index is -3.81. The second-order valence-electron chi connectivity index (χ2n) is 5.19. The standard InChI is InChI=1S/C12H20N2O4S/c1-12(2,5-3-7-15)9-14-19(17,18)11-8-13-6-4-10(11)16/h4,6,8,14-15H,3,5,7,9H2,1-2H3,(H,13,16). The predicted molar refractivity (Wildman–Crippen MR) is 72.4 cm³/mol. The van der Waals surface area contributed by atoms with E-state index in [1.54, 1.807) is 0 Å². The first-order valence-corrected chi connectivity index (χ1v) is 7.54. The van der Waals surface area contributed by atoms with E-state index in [1.165, 1.54) is 18.5 Å². The lowest BCUT2D eigenvalue weighted by Gasteiger charge is -2.24. The highest BCUT2D eigenvalue weighted by Gasteiger charge is 2.23. The summed E-state index contributed by atoms with van der Waals surface area (Å²) in [4.78, 5) is 13.8. The number of aliphatic hydroxyl groups excluding tert-OH is 1. The van der Waals surface area contributed by atoms with Crippen LogP contribution in [0.5, 0.6) is 0 Å². The number of aliphatic hydroxyl groups is 1. The molecule has 0 aliphatic heterocycles. The number of nitrogens with one attached hydrogen (secondary N) is 2. The smallest absolute Gasteiger partial charge is 0.245 e. The number of aromatic nitrogens is 1. The molecule has 7 heteroatoms. The van der Waals surface area contributed by atoms with Crippen LogP contribution in [-0.2, 0) is 10.0 Å². The van der Waals surface area contributed by atoms with Gasteiger partial charge in [0.2, 0.25) is 15.5 Å². The molecule has 0 saturated carbocycles. The van der Waals surface area contributed by atoms with Gasteiger partial charge < -0.3 is 10.1 Å². The highest BCUT2D eigenvalue weighted by atomic mass is 32.2. The lowest BCUT2D eigenvalue weighted by molar-refractivity contribution is 0.242. The molecular formula is C12H20N2O4S. The van der Waals surface area contributed by atoms with Crippen molar-refractivity contribution in [1.29, 1.82) is 0 Å². The average molecular weight is 288 g/mol. The minimum Gasteiger partial charge on any atom is -0.396 e. The Kier molecular flexibility index (Phi) is 5.28. The monoisotopic (exact) mass is 288 g/mol. The molecule has 1 heterocycles. The van der Waals surface area contributed by atoms with Crippen molar-refractivity contribution in [3.63, 3.8) is 0 Å². The molecule has 0 atom stereocenters. The molecular weight excluding hydrogens is 268 g/mol. The normalized spacial score (nSPS) is 12.6. The second kappa shape index (κ2) is 6.31. The number of aromatic amines is 1. The van der Waals surface area contributed by atoms with Gasteiger partial charge in [0.15, 0.2) is 0 Å². The van der Waals surface area contributed by atoms with Gasteiger partial charge in [0.1, 0.15) is 4.90 Å². The lowest BCUT2D eigenvalue weighted by atomic mass is 9.88. The van der Waals surface area contributed by atoms with Gasteiger partial charge in [-0.05, 0) is 18.3 Å². The zero-order chi connectivity index (χ0) is 14.5. The Morgan fingerprint density at radius 3 is 2.68 bits per heavy atom. The van der Waals surface area contributed by atoms with Gasteiger partial charge in [0.05, 0.1) is 0 Å². The van der Waals surface area contributed by atoms with Gasteiger partial charge in [-0.2, -0.15) is 0 Å². The van der Waals surface area contributed by atoms with Crippen LogP contribution in [0.4, 0.5) is 0 Å². The summed E-state index contributed by atoms with van der Waals surface area (Å²) in [7, 11) is -3.81. The molecule has 1 aromatic rings. The molecule has 19 heavy (non-hydrogen) atoms. The zero-order valence-corrected chi connectivity index (χ0v) is 12.0. The van der Waals surface area contributed by atoms with Gasteiger partial charge in [-0.15, -0.1) is 0 Å². The quantitative estimate of drug-likeness (QED) is 0.678. The van der Waals surface area contributed by atoms with Crippen LogP contribution in [0, 0.1) is 5.41 Å². The summed E-state index contributed by atoms with van der Waals surface area (Å²) in [6.45, 7) is 4.10. The van der Waals surface area contributed by atoms with Gasteiger partial charge in [-0.25, -0.2) is 13.1 Å². The predicted octanol–water partition coefficient (Wildman–Crippen LogP) is 0.452. The Morgan fingerprint density at radius 2 is 2.11 bits per heavy atom. The summed E-state index contributed by atoms with van der Waals surface area (Å²) < 4.78 is 26.4. The Balaban J connectivity index is 2.77. The Morgan fingerprint density at radius 1 is 1.42 bits per heavy atom. The first-order valence-electron chi connectivity index (χ1n) is 6.06. The Bertz CT molecular complexity index is 563. The molecule has 1 aromatic heterocycles. The van der Waals surface area contributed by atoms with Gasteiger partial charge in [0.25, 0.3) is 0 Å². The zero-order valence-electron chi connectivity index (χ0n) is 11.1. The van der Waals surface area contributed by atoms with Gasteiger partial charge in [-0.3, -0.25) is 4.79 Å². The van der Waals surface area contributed by atoms with Gasteiger partial charge in [0, 0.05) is 31.6 Å². The molecule has 3 N–H and O–H groups in total. The highest BCUT2D eigenvalue weighted by Crippen LogP contribution is 2.21. The van der Waals surface area contributed by atoms with Crippen molar-refractivity contribution in [2.24, 2.45) is 5.41 Å². The van der Waals surface area contributed by atoms with Crippen molar-refractivity contribution in [2.45, 2.75) is 31.6 Å². The van der Waals surface area contributed by atoms with Crippen LogP contribution in [0.1, 0.15) is 26.7 Å². The molecule has 0 aromatic carbocycles. The van der Waals surface area contributed by atoms with Crippen molar-refractivity contribution in [2.75, 3.05) is 13.2 Å². The molecule has 0 saturated heterocycles. The van der Waals surface area contributed by atoms with Crippen molar-refractivity contribution < 1.29 is 13.5 Å². The Hall–Kier alpha value is -1.18. The summed E-state index contributed by atoms with van der Waals surface area (Å²) in [5.74, 6) is 0. The fourth-order valence-corrected chi connectivity index (χ4v) is 2.92. The van der Waals surface area contributed by atoms with Crippen LogP contribution in [0.25, 0.3) is 0 Å². The van der Waals surface area contributed by atoms with Crippen molar-refractivity contribution in [1.82, 2.24) is 9.71 Å². The third kappa shape index (κ3) is 4.77. The maximum Gasteiger partial charge on any atom is 0.245 e. The average Bonchev–Trinajstić information content (AvgIpc) is 2.35. The molecule has 0 unspecified atom stereocenters. The molecule has 0 amide bonds. The van der Waals surface area contributed by atoms with E-state index < -0.39 is 15.5 Å².